The summed E-state index contributed by atoms with van der Waals surface area (Å²) >= 11 is 0. The summed E-state index contributed by atoms with van der Waals surface area (Å²) in [5, 5.41) is 14.1. The number of hydrogen-bond donors (Lipinski definition) is 3. The first-order valence-corrected chi connectivity index (χ1v) is 6.38. The van der Waals surface area contributed by atoms with E-state index in [0.29, 0.717) is 24.4 Å². The van der Waals surface area contributed by atoms with E-state index in [0.717, 1.165) is 0 Å². The lowest BCUT2D eigenvalue weighted by Gasteiger charge is -2.11. The summed E-state index contributed by atoms with van der Waals surface area (Å²) in [6, 6.07) is 4.63. The molecule has 0 heterocycles. The molecule has 3 N–H and O–H groups in total. The average molecular weight is 294 g/mol. The molecule has 1 aromatic carbocycles. The molecule has 0 aliphatic carbocycles. The Labute approximate surface area is 122 Å². The van der Waals surface area contributed by atoms with Crippen molar-refractivity contribution in [3.63, 3.8) is 0 Å². The van der Waals surface area contributed by atoms with Crippen LogP contribution in [0.2, 0.25) is 0 Å². The summed E-state index contributed by atoms with van der Waals surface area (Å²) in [6.07, 6.45) is 0. The maximum absolute atomic E-state index is 11.5. The van der Waals surface area contributed by atoms with E-state index < -0.39 is 5.97 Å². The molecule has 1 aromatic rings. The molecular formula is C14H18N2O5. The van der Waals surface area contributed by atoms with Gasteiger partial charge in [-0.1, -0.05) is 6.07 Å². The van der Waals surface area contributed by atoms with E-state index in [1.54, 1.807) is 19.1 Å². The van der Waals surface area contributed by atoms with Crippen molar-refractivity contribution in [2.45, 2.75) is 13.8 Å². The van der Waals surface area contributed by atoms with Crippen LogP contribution in [0, 0.1) is 6.92 Å². The molecule has 0 unspecified atom stereocenters. The van der Waals surface area contributed by atoms with Crippen molar-refractivity contribution in [3.8, 4) is 5.75 Å². The van der Waals surface area contributed by atoms with Crippen LogP contribution in [0.4, 0.5) is 0 Å². The van der Waals surface area contributed by atoms with Gasteiger partial charge in [0.1, 0.15) is 5.75 Å². The number of hydrogen-bond acceptors (Lipinski definition) is 4. The Kier molecular flexibility index (Phi) is 6.19. The van der Waals surface area contributed by atoms with E-state index in [4.69, 9.17) is 9.84 Å². The van der Waals surface area contributed by atoms with E-state index >= 15 is 0 Å². The van der Waals surface area contributed by atoms with Crippen molar-refractivity contribution in [2.75, 3.05) is 19.7 Å². The smallest absolute Gasteiger partial charge is 0.336 e. The molecule has 0 saturated carbocycles. The number of carbonyl (C=O) groups is 3. The molecular weight excluding hydrogens is 276 g/mol. The van der Waals surface area contributed by atoms with Gasteiger partial charge in [0.15, 0.2) is 6.61 Å². The predicted octanol–water partition coefficient (Wildman–Crippen LogP) is 0.324. The highest BCUT2D eigenvalue weighted by Gasteiger charge is 2.11. The maximum atomic E-state index is 11.5. The highest BCUT2D eigenvalue weighted by molar-refractivity contribution is 5.90. The van der Waals surface area contributed by atoms with E-state index in [9.17, 15) is 14.4 Å². The Bertz CT molecular complexity index is 542. The first kappa shape index (κ1) is 16.5. The number of carbonyl (C=O) groups excluding carboxylic acids is 2. The summed E-state index contributed by atoms with van der Waals surface area (Å²) in [6.45, 7) is 3.44. The van der Waals surface area contributed by atoms with Crippen LogP contribution in [-0.2, 0) is 9.59 Å². The number of nitrogens with one attached hydrogen (secondary N) is 2. The van der Waals surface area contributed by atoms with E-state index in [-0.39, 0.29) is 24.0 Å². The summed E-state index contributed by atoms with van der Waals surface area (Å²) in [7, 11) is 0. The van der Waals surface area contributed by atoms with Crippen molar-refractivity contribution in [1.29, 1.82) is 0 Å². The third-order valence-corrected chi connectivity index (χ3v) is 2.69. The van der Waals surface area contributed by atoms with Gasteiger partial charge in [0.05, 0.1) is 5.56 Å². The van der Waals surface area contributed by atoms with Crippen LogP contribution in [0.3, 0.4) is 0 Å². The Morgan fingerprint density at radius 3 is 2.48 bits per heavy atom. The number of ether oxygens (including phenoxy) is 1. The maximum Gasteiger partial charge on any atom is 0.336 e. The molecule has 7 nitrogen and oxygen atoms in total. The summed E-state index contributed by atoms with van der Waals surface area (Å²) in [5.41, 5.74) is 0.606. The van der Waals surface area contributed by atoms with Crippen molar-refractivity contribution < 1.29 is 24.2 Å². The lowest BCUT2D eigenvalue weighted by molar-refractivity contribution is -0.123. The van der Waals surface area contributed by atoms with Gasteiger partial charge >= 0.3 is 5.97 Å². The van der Waals surface area contributed by atoms with Gasteiger partial charge in [-0.2, -0.15) is 0 Å². The van der Waals surface area contributed by atoms with Gasteiger partial charge in [-0.15, -0.1) is 0 Å². The molecule has 114 valence electrons. The quantitative estimate of drug-likeness (QED) is 0.628. The van der Waals surface area contributed by atoms with Gasteiger partial charge < -0.3 is 20.5 Å². The molecule has 1 rings (SSSR count). The number of carboxylic acid groups (broad SMARTS) is 1. The van der Waals surface area contributed by atoms with E-state index in [1.165, 1.54) is 13.0 Å². The lowest BCUT2D eigenvalue weighted by Crippen LogP contribution is -2.36. The fourth-order valence-electron chi connectivity index (χ4n) is 1.64. The van der Waals surface area contributed by atoms with Crippen LogP contribution in [0.25, 0.3) is 0 Å². The van der Waals surface area contributed by atoms with Gasteiger partial charge in [0, 0.05) is 25.6 Å². The van der Waals surface area contributed by atoms with Crippen LogP contribution in [-0.4, -0.2) is 42.6 Å². The topological polar surface area (TPSA) is 105 Å². The highest BCUT2D eigenvalue weighted by Crippen LogP contribution is 2.21. The van der Waals surface area contributed by atoms with Gasteiger partial charge in [-0.05, 0) is 19.1 Å². The summed E-state index contributed by atoms with van der Waals surface area (Å²) in [5.74, 6) is -1.20. The number of carboxylic acids is 1. The number of benzene rings is 1. The second-order valence-electron chi connectivity index (χ2n) is 4.36. The normalized spacial score (nSPS) is 9.81. The van der Waals surface area contributed by atoms with Crippen molar-refractivity contribution >= 4 is 17.8 Å². The molecule has 0 radical (unpaired) electrons. The number of aromatic carboxylic acids is 1. The van der Waals surface area contributed by atoms with Crippen LogP contribution < -0.4 is 15.4 Å². The molecule has 7 heteroatoms. The van der Waals surface area contributed by atoms with E-state index in [1.807, 2.05) is 0 Å². The first-order chi connectivity index (χ1) is 9.91. The summed E-state index contributed by atoms with van der Waals surface area (Å²) in [4.78, 5) is 33.1. The minimum absolute atomic E-state index is 0.138. The van der Waals surface area contributed by atoms with Crippen molar-refractivity contribution in [3.05, 3.63) is 29.3 Å². The van der Waals surface area contributed by atoms with Crippen LogP contribution in [0.5, 0.6) is 5.75 Å². The van der Waals surface area contributed by atoms with Crippen LogP contribution >= 0.6 is 0 Å². The third-order valence-electron chi connectivity index (χ3n) is 2.69. The van der Waals surface area contributed by atoms with Gasteiger partial charge in [-0.25, -0.2) is 4.79 Å². The molecule has 0 bridgehead atoms. The Hall–Kier alpha value is -2.57. The standard InChI is InChI=1S/C14H18N2O5/c1-9-11(14(19)20)4-3-5-12(9)21-8-13(18)16-7-6-15-10(2)17/h3-5H,6-8H2,1-2H3,(H,15,17)(H,16,18)(H,19,20). The highest BCUT2D eigenvalue weighted by atomic mass is 16.5. The molecule has 0 saturated heterocycles. The average Bonchev–Trinajstić information content (AvgIpc) is 2.42. The fourth-order valence-corrected chi connectivity index (χ4v) is 1.64. The molecule has 0 fully saturated rings. The van der Waals surface area contributed by atoms with Crippen molar-refractivity contribution in [1.82, 2.24) is 10.6 Å². The second kappa shape index (κ2) is 7.88. The monoisotopic (exact) mass is 294 g/mol. The van der Waals surface area contributed by atoms with Gasteiger partial charge in [-0.3, -0.25) is 9.59 Å². The first-order valence-electron chi connectivity index (χ1n) is 6.38. The predicted molar refractivity (Wildman–Crippen MR) is 75.3 cm³/mol. The van der Waals surface area contributed by atoms with E-state index in [2.05, 4.69) is 10.6 Å². The lowest BCUT2D eigenvalue weighted by atomic mass is 10.1. The van der Waals surface area contributed by atoms with Crippen LogP contribution in [0.1, 0.15) is 22.8 Å². The third kappa shape index (κ3) is 5.52. The second-order valence-corrected chi connectivity index (χ2v) is 4.36. The molecule has 0 aliphatic heterocycles. The number of rotatable bonds is 7. The summed E-state index contributed by atoms with van der Waals surface area (Å²) < 4.78 is 5.30. The molecule has 21 heavy (non-hydrogen) atoms. The zero-order chi connectivity index (χ0) is 15.8. The minimum Gasteiger partial charge on any atom is -0.483 e. The Morgan fingerprint density at radius 1 is 1.19 bits per heavy atom. The van der Waals surface area contributed by atoms with Crippen molar-refractivity contribution in [2.24, 2.45) is 0 Å². The van der Waals surface area contributed by atoms with Crippen LogP contribution in [0.15, 0.2) is 18.2 Å². The molecule has 0 aliphatic rings. The van der Waals surface area contributed by atoms with Gasteiger partial charge in [0.25, 0.3) is 5.91 Å². The van der Waals surface area contributed by atoms with Gasteiger partial charge in [0.2, 0.25) is 5.91 Å². The minimum atomic E-state index is -1.04. The Balaban J connectivity index is 2.45. The molecule has 0 atom stereocenters. The zero-order valence-electron chi connectivity index (χ0n) is 11.9. The molecule has 0 spiro atoms. The Morgan fingerprint density at radius 2 is 1.86 bits per heavy atom. The fraction of sp³-hybridized carbons (Fsp3) is 0.357. The largest absolute Gasteiger partial charge is 0.483 e. The SMILES string of the molecule is CC(=O)NCCNC(=O)COc1cccc(C(=O)O)c1C. The molecule has 2 amide bonds. The number of amides is 2. The zero-order valence-corrected chi connectivity index (χ0v) is 11.9. The molecule has 0 aromatic heterocycles.